The van der Waals surface area contributed by atoms with Crippen LogP contribution in [0.3, 0.4) is 0 Å². The van der Waals surface area contributed by atoms with Crippen molar-refractivity contribution in [2.75, 3.05) is 6.61 Å². The van der Waals surface area contributed by atoms with Crippen LogP contribution < -0.4 is 0 Å². The molecule has 2 atom stereocenters. The minimum absolute atomic E-state index is 0.347. The smallest absolute Gasteiger partial charge is 0.0960 e. The van der Waals surface area contributed by atoms with Crippen LogP contribution in [0, 0.1) is 6.92 Å². The van der Waals surface area contributed by atoms with Gasteiger partial charge in [0.15, 0.2) is 0 Å². The highest BCUT2D eigenvalue weighted by atomic mass is 16.5. The van der Waals surface area contributed by atoms with Crippen molar-refractivity contribution in [3.63, 3.8) is 0 Å². The Kier molecular flexibility index (Phi) is 3.91. The van der Waals surface area contributed by atoms with E-state index >= 15 is 0 Å². The molecular weight excluding hydrogens is 202 g/mol. The summed E-state index contributed by atoms with van der Waals surface area (Å²) < 4.78 is 5.53. The quantitative estimate of drug-likeness (QED) is 0.848. The van der Waals surface area contributed by atoms with Gasteiger partial charge in [-0.3, -0.25) is 4.98 Å². The summed E-state index contributed by atoms with van der Waals surface area (Å²) in [5, 5.41) is 9.99. The molecule has 2 unspecified atom stereocenters. The van der Waals surface area contributed by atoms with Crippen LogP contribution in [0.1, 0.15) is 43.2 Å². The second-order valence-corrected chi connectivity index (χ2v) is 4.43. The molecule has 1 aromatic heterocycles. The Labute approximate surface area is 96.5 Å². The third-order valence-corrected chi connectivity index (χ3v) is 3.04. The Morgan fingerprint density at radius 2 is 2.44 bits per heavy atom. The molecule has 1 aliphatic heterocycles. The van der Waals surface area contributed by atoms with E-state index < -0.39 is 6.10 Å². The maximum atomic E-state index is 9.99. The third kappa shape index (κ3) is 3.03. The summed E-state index contributed by atoms with van der Waals surface area (Å²) >= 11 is 0. The van der Waals surface area contributed by atoms with E-state index in [1.807, 2.05) is 25.1 Å². The Hall–Kier alpha value is -0.930. The van der Waals surface area contributed by atoms with Crippen molar-refractivity contribution in [1.82, 2.24) is 4.98 Å². The molecular formula is C13H19NO2. The summed E-state index contributed by atoms with van der Waals surface area (Å²) in [6.45, 7) is 2.82. The second-order valence-electron chi connectivity index (χ2n) is 4.43. The number of hydrogen-bond acceptors (Lipinski definition) is 3. The van der Waals surface area contributed by atoms with E-state index in [1.165, 1.54) is 0 Å². The van der Waals surface area contributed by atoms with Crippen molar-refractivity contribution < 1.29 is 9.84 Å². The van der Waals surface area contributed by atoms with Crippen LogP contribution in [-0.4, -0.2) is 22.8 Å². The van der Waals surface area contributed by atoms with E-state index in [-0.39, 0.29) is 0 Å². The summed E-state index contributed by atoms with van der Waals surface area (Å²) in [6.07, 6.45) is 3.85. The summed E-state index contributed by atoms with van der Waals surface area (Å²) in [5.41, 5.74) is 1.73. The van der Waals surface area contributed by atoms with E-state index in [0.29, 0.717) is 6.10 Å². The van der Waals surface area contributed by atoms with E-state index in [9.17, 15) is 5.11 Å². The fraction of sp³-hybridized carbons (Fsp3) is 0.615. The zero-order valence-corrected chi connectivity index (χ0v) is 9.72. The van der Waals surface area contributed by atoms with Gasteiger partial charge in [-0.1, -0.05) is 6.07 Å². The number of aliphatic hydroxyl groups excluding tert-OH is 1. The predicted octanol–water partition coefficient (Wildman–Crippen LogP) is 2.38. The zero-order valence-electron chi connectivity index (χ0n) is 9.72. The highest BCUT2D eigenvalue weighted by Crippen LogP contribution is 2.22. The molecule has 3 nitrogen and oxygen atoms in total. The Morgan fingerprint density at radius 3 is 3.12 bits per heavy atom. The Morgan fingerprint density at radius 1 is 1.56 bits per heavy atom. The lowest BCUT2D eigenvalue weighted by molar-refractivity contribution is 0.0801. The fourth-order valence-corrected chi connectivity index (χ4v) is 2.11. The monoisotopic (exact) mass is 221 g/mol. The number of aliphatic hydroxyl groups is 1. The molecule has 1 saturated heterocycles. The van der Waals surface area contributed by atoms with E-state index in [1.54, 1.807) is 0 Å². The minimum atomic E-state index is -0.455. The normalized spacial score (nSPS) is 22.2. The largest absolute Gasteiger partial charge is 0.387 e. The first-order valence-corrected chi connectivity index (χ1v) is 5.99. The number of hydrogen-bond donors (Lipinski definition) is 1. The van der Waals surface area contributed by atoms with E-state index in [0.717, 1.165) is 43.7 Å². The lowest BCUT2D eigenvalue weighted by atomic mass is 10.1. The first-order valence-electron chi connectivity index (χ1n) is 5.99. The summed E-state index contributed by atoms with van der Waals surface area (Å²) in [5.74, 6) is 0. The van der Waals surface area contributed by atoms with Crippen LogP contribution in [0.4, 0.5) is 0 Å². The van der Waals surface area contributed by atoms with Gasteiger partial charge in [-0.25, -0.2) is 0 Å². The first-order chi connectivity index (χ1) is 7.75. The van der Waals surface area contributed by atoms with Crippen molar-refractivity contribution in [1.29, 1.82) is 0 Å². The van der Waals surface area contributed by atoms with Crippen molar-refractivity contribution in [2.24, 2.45) is 0 Å². The second kappa shape index (κ2) is 5.41. The van der Waals surface area contributed by atoms with Gasteiger partial charge in [0.2, 0.25) is 0 Å². The van der Waals surface area contributed by atoms with Crippen LogP contribution in [0.25, 0.3) is 0 Å². The topological polar surface area (TPSA) is 42.4 Å². The highest BCUT2D eigenvalue weighted by molar-refractivity contribution is 5.11. The molecule has 0 aromatic carbocycles. The van der Waals surface area contributed by atoms with Crippen LogP contribution in [0.5, 0.6) is 0 Å². The molecule has 0 spiro atoms. The number of nitrogens with zero attached hydrogens (tertiary/aromatic N) is 1. The SMILES string of the molecule is Cc1cccc(C(O)CCC2CCCO2)n1. The van der Waals surface area contributed by atoms with Gasteiger partial charge in [-0.2, -0.15) is 0 Å². The van der Waals surface area contributed by atoms with Crippen LogP contribution in [0.15, 0.2) is 18.2 Å². The van der Waals surface area contributed by atoms with Crippen molar-refractivity contribution in [3.05, 3.63) is 29.6 Å². The number of aryl methyl sites for hydroxylation is 1. The molecule has 2 rings (SSSR count). The molecule has 1 fully saturated rings. The summed E-state index contributed by atoms with van der Waals surface area (Å²) in [7, 11) is 0. The van der Waals surface area contributed by atoms with E-state index in [2.05, 4.69) is 4.98 Å². The van der Waals surface area contributed by atoms with Gasteiger partial charge < -0.3 is 9.84 Å². The highest BCUT2D eigenvalue weighted by Gasteiger charge is 2.18. The van der Waals surface area contributed by atoms with Crippen molar-refractivity contribution in [2.45, 2.75) is 44.8 Å². The van der Waals surface area contributed by atoms with Crippen molar-refractivity contribution in [3.8, 4) is 0 Å². The van der Waals surface area contributed by atoms with E-state index in [4.69, 9.17) is 4.74 Å². The van der Waals surface area contributed by atoms with Gasteiger partial charge in [0, 0.05) is 12.3 Å². The van der Waals surface area contributed by atoms with Crippen LogP contribution in [0.2, 0.25) is 0 Å². The maximum absolute atomic E-state index is 9.99. The number of aromatic nitrogens is 1. The molecule has 2 heterocycles. The molecule has 16 heavy (non-hydrogen) atoms. The average molecular weight is 221 g/mol. The van der Waals surface area contributed by atoms with Crippen LogP contribution in [-0.2, 0) is 4.74 Å². The maximum Gasteiger partial charge on any atom is 0.0960 e. The van der Waals surface area contributed by atoms with Gasteiger partial charge in [-0.15, -0.1) is 0 Å². The lowest BCUT2D eigenvalue weighted by Gasteiger charge is -2.13. The third-order valence-electron chi connectivity index (χ3n) is 3.04. The summed E-state index contributed by atoms with van der Waals surface area (Å²) in [4.78, 5) is 4.33. The van der Waals surface area contributed by atoms with Crippen LogP contribution >= 0.6 is 0 Å². The average Bonchev–Trinajstić information content (AvgIpc) is 2.78. The summed E-state index contributed by atoms with van der Waals surface area (Å²) in [6, 6.07) is 5.76. The number of ether oxygens (including phenoxy) is 1. The molecule has 0 bridgehead atoms. The Bertz CT molecular complexity index is 334. The molecule has 88 valence electrons. The molecule has 1 aliphatic rings. The van der Waals surface area contributed by atoms with Gasteiger partial charge in [0.1, 0.15) is 0 Å². The minimum Gasteiger partial charge on any atom is -0.387 e. The van der Waals surface area contributed by atoms with Gasteiger partial charge >= 0.3 is 0 Å². The first kappa shape index (κ1) is 11.6. The molecule has 0 radical (unpaired) electrons. The van der Waals surface area contributed by atoms with Gasteiger partial charge in [0.25, 0.3) is 0 Å². The zero-order chi connectivity index (χ0) is 11.4. The molecule has 1 N–H and O–H groups in total. The fourth-order valence-electron chi connectivity index (χ4n) is 2.11. The molecule has 0 aliphatic carbocycles. The van der Waals surface area contributed by atoms with Gasteiger partial charge in [0.05, 0.1) is 17.9 Å². The van der Waals surface area contributed by atoms with Crippen molar-refractivity contribution >= 4 is 0 Å². The lowest BCUT2D eigenvalue weighted by Crippen LogP contribution is -2.09. The standard InChI is InChI=1S/C13H19NO2/c1-10-4-2-6-12(14-10)13(15)8-7-11-5-3-9-16-11/h2,4,6,11,13,15H,3,5,7-9H2,1H3. The number of rotatable bonds is 4. The molecule has 0 amide bonds. The Balaban J connectivity index is 1.85. The number of pyridine rings is 1. The predicted molar refractivity (Wildman–Crippen MR) is 62.1 cm³/mol. The van der Waals surface area contributed by atoms with Gasteiger partial charge in [-0.05, 0) is 44.7 Å². The molecule has 0 saturated carbocycles. The molecule has 3 heteroatoms. The molecule has 1 aromatic rings.